The number of alkyl halides is 3. The zero-order valence-electron chi connectivity index (χ0n) is 8.80. The highest BCUT2D eigenvalue weighted by atomic mass is 19.4. The van der Waals surface area contributed by atoms with Gasteiger partial charge in [-0.15, -0.1) is 0 Å². The number of carbonyl (C=O) groups excluding carboxylic acids is 1. The Morgan fingerprint density at radius 3 is 2.38 bits per heavy atom. The molecule has 94 valence electrons. The number of hydrogen-bond acceptors (Lipinski definition) is 2. The van der Waals surface area contributed by atoms with Crippen LogP contribution in [0, 0.1) is 5.92 Å². The number of carboxylic acid groups (broad SMARTS) is 1. The van der Waals surface area contributed by atoms with E-state index in [-0.39, 0.29) is 18.9 Å². The van der Waals surface area contributed by atoms with Gasteiger partial charge in [0, 0.05) is 13.0 Å². The third-order valence-electron chi connectivity index (χ3n) is 1.86. The fourth-order valence-corrected chi connectivity index (χ4v) is 1.00. The van der Waals surface area contributed by atoms with Crippen LogP contribution >= 0.6 is 0 Å². The normalized spacial score (nSPS) is 13.2. The van der Waals surface area contributed by atoms with Gasteiger partial charge in [0.05, 0.1) is 0 Å². The molecule has 0 heterocycles. The van der Waals surface area contributed by atoms with Crippen LogP contribution in [0.4, 0.5) is 13.2 Å². The van der Waals surface area contributed by atoms with Crippen LogP contribution in [-0.2, 0) is 9.59 Å². The summed E-state index contributed by atoms with van der Waals surface area (Å²) >= 11 is 0. The summed E-state index contributed by atoms with van der Waals surface area (Å²) in [4.78, 5) is 20.9. The Labute approximate surface area is 90.8 Å². The molecule has 0 saturated carbocycles. The SMILES string of the molecule is CC(CCC(=O)O)CNC(=O)CC(F)(F)F. The maximum Gasteiger partial charge on any atom is 0.397 e. The standard InChI is InChI=1S/C9H14F3NO3/c1-6(2-3-8(15)16)5-13-7(14)4-9(10,11)12/h6H,2-5H2,1H3,(H,13,14)(H,15,16). The lowest BCUT2D eigenvalue weighted by Crippen LogP contribution is -2.32. The molecule has 0 spiro atoms. The quantitative estimate of drug-likeness (QED) is 0.741. The number of aliphatic carboxylic acids is 1. The van der Waals surface area contributed by atoms with E-state index in [0.717, 1.165) is 0 Å². The van der Waals surface area contributed by atoms with Gasteiger partial charge in [0.2, 0.25) is 5.91 Å². The van der Waals surface area contributed by atoms with Crippen LogP contribution in [-0.4, -0.2) is 29.7 Å². The molecule has 0 aromatic rings. The lowest BCUT2D eigenvalue weighted by molar-refractivity contribution is -0.153. The van der Waals surface area contributed by atoms with E-state index in [4.69, 9.17) is 5.11 Å². The molecular weight excluding hydrogens is 227 g/mol. The highest BCUT2D eigenvalue weighted by Gasteiger charge is 2.31. The summed E-state index contributed by atoms with van der Waals surface area (Å²) in [7, 11) is 0. The molecule has 0 aromatic heterocycles. The molecular formula is C9H14F3NO3. The molecule has 0 radical (unpaired) electrons. The van der Waals surface area contributed by atoms with E-state index >= 15 is 0 Å². The molecule has 1 atom stereocenters. The molecule has 1 amide bonds. The van der Waals surface area contributed by atoms with Crippen molar-refractivity contribution in [3.63, 3.8) is 0 Å². The summed E-state index contributed by atoms with van der Waals surface area (Å²) in [5.41, 5.74) is 0. The van der Waals surface area contributed by atoms with Crippen LogP contribution in [0.15, 0.2) is 0 Å². The van der Waals surface area contributed by atoms with Crippen molar-refractivity contribution in [1.82, 2.24) is 5.32 Å². The maximum atomic E-state index is 11.7. The van der Waals surface area contributed by atoms with E-state index in [1.54, 1.807) is 6.92 Å². The second-order valence-electron chi connectivity index (χ2n) is 3.63. The Balaban J connectivity index is 3.71. The molecule has 7 heteroatoms. The molecule has 0 aliphatic rings. The Hall–Kier alpha value is -1.27. The summed E-state index contributed by atoms with van der Waals surface area (Å²) in [6.07, 6.45) is -5.75. The molecule has 0 fully saturated rings. The zero-order chi connectivity index (χ0) is 12.8. The van der Waals surface area contributed by atoms with Crippen molar-refractivity contribution in [3.05, 3.63) is 0 Å². The molecule has 4 nitrogen and oxygen atoms in total. The lowest BCUT2D eigenvalue weighted by atomic mass is 10.1. The molecule has 0 bridgehead atoms. The second kappa shape index (κ2) is 6.34. The zero-order valence-corrected chi connectivity index (χ0v) is 8.80. The van der Waals surface area contributed by atoms with Crippen molar-refractivity contribution in [1.29, 1.82) is 0 Å². The van der Waals surface area contributed by atoms with Crippen LogP contribution in [0.3, 0.4) is 0 Å². The van der Waals surface area contributed by atoms with Crippen LogP contribution in [0.5, 0.6) is 0 Å². The largest absolute Gasteiger partial charge is 0.481 e. The first-order valence-electron chi connectivity index (χ1n) is 4.76. The highest BCUT2D eigenvalue weighted by molar-refractivity contribution is 5.76. The van der Waals surface area contributed by atoms with Gasteiger partial charge < -0.3 is 10.4 Å². The molecule has 16 heavy (non-hydrogen) atoms. The molecule has 0 rings (SSSR count). The smallest absolute Gasteiger partial charge is 0.397 e. The summed E-state index contributed by atoms with van der Waals surface area (Å²) in [5.74, 6) is -2.21. The first-order chi connectivity index (χ1) is 7.20. The number of halogens is 3. The first-order valence-corrected chi connectivity index (χ1v) is 4.76. The third-order valence-corrected chi connectivity index (χ3v) is 1.86. The van der Waals surface area contributed by atoms with Gasteiger partial charge in [-0.05, 0) is 12.3 Å². The van der Waals surface area contributed by atoms with Crippen LogP contribution in [0.25, 0.3) is 0 Å². The van der Waals surface area contributed by atoms with E-state index in [1.807, 2.05) is 0 Å². The first kappa shape index (κ1) is 14.7. The van der Waals surface area contributed by atoms with Crippen molar-refractivity contribution in [2.24, 2.45) is 5.92 Å². The fraction of sp³-hybridized carbons (Fsp3) is 0.778. The van der Waals surface area contributed by atoms with Gasteiger partial charge in [0.1, 0.15) is 6.42 Å². The minimum atomic E-state index is -4.51. The molecule has 0 aromatic carbocycles. The van der Waals surface area contributed by atoms with Gasteiger partial charge in [-0.1, -0.05) is 6.92 Å². The van der Waals surface area contributed by atoms with Gasteiger partial charge in [-0.3, -0.25) is 9.59 Å². The van der Waals surface area contributed by atoms with Gasteiger partial charge in [0.25, 0.3) is 0 Å². The fourth-order valence-electron chi connectivity index (χ4n) is 1.00. The Kier molecular flexibility index (Phi) is 5.84. The minimum absolute atomic E-state index is 0.0577. The van der Waals surface area contributed by atoms with Gasteiger partial charge >= 0.3 is 12.1 Å². The summed E-state index contributed by atoms with van der Waals surface area (Å²) in [6.45, 7) is 1.72. The Morgan fingerprint density at radius 2 is 1.94 bits per heavy atom. The van der Waals surface area contributed by atoms with Crippen molar-refractivity contribution >= 4 is 11.9 Å². The van der Waals surface area contributed by atoms with Gasteiger partial charge in [-0.25, -0.2) is 0 Å². The van der Waals surface area contributed by atoms with Crippen molar-refractivity contribution in [2.75, 3.05) is 6.54 Å². The third kappa shape index (κ3) is 9.29. The Bertz CT molecular complexity index is 253. The van der Waals surface area contributed by atoms with Crippen LogP contribution < -0.4 is 5.32 Å². The van der Waals surface area contributed by atoms with Crippen molar-refractivity contribution in [3.8, 4) is 0 Å². The second-order valence-corrected chi connectivity index (χ2v) is 3.63. The predicted molar refractivity (Wildman–Crippen MR) is 49.7 cm³/mol. The average Bonchev–Trinajstić information content (AvgIpc) is 2.08. The van der Waals surface area contributed by atoms with Crippen molar-refractivity contribution in [2.45, 2.75) is 32.4 Å². The summed E-state index contributed by atoms with van der Waals surface area (Å²) < 4.78 is 35.2. The molecule has 1 unspecified atom stereocenters. The van der Waals surface area contributed by atoms with E-state index in [9.17, 15) is 22.8 Å². The summed E-state index contributed by atoms with van der Waals surface area (Å²) in [5, 5.41) is 10.5. The van der Waals surface area contributed by atoms with Crippen LogP contribution in [0.2, 0.25) is 0 Å². The van der Waals surface area contributed by atoms with Gasteiger partial charge in [0.15, 0.2) is 0 Å². The van der Waals surface area contributed by atoms with E-state index < -0.39 is 24.5 Å². The van der Waals surface area contributed by atoms with Crippen molar-refractivity contribution < 1.29 is 27.9 Å². The topological polar surface area (TPSA) is 66.4 Å². The number of amides is 1. The number of hydrogen-bond donors (Lipinski definition) is 2. The van der Waals surface area contributed by atoms with Gasteiger partial charge in [-0.2, -0.15) is 13.2 Å². The molecule has 0 aliphatic heterocycles. The maximum absolute atomic E-state index is 11.7. The van der Waals surface area contributed by atoms with E-state index in [2.05, 4.69) is 5.32 Å². The monoisotopic (exact) mass is 241 g/mol. The number of carboxylic acids is 1. The average molecular weight is 241 g/mol. The van der Waals surface area contributed by atoms with Crippen LogP contribution in [0.1, 0.15) is 26.2 Å². The number of rotatable bonds is 6. The lowest BCUT2D eigenvalue weighted by Gasteiger charge is -2.12. The van der Waals surface area contributed by atoms with E-state index in [0.29, 0.717) is 6.42 Å². The molecule has 2 N–H and O–H groups in total. The predicted octanol–water partition coefficient (Wildman–Crippen LogP) is 1.56. The number of carbonyl (C=O) groups is 2. The number of nitrogens with one attached hydrogen (secondary N) is 1. The van der Waals surface area contributed by atoms with E-state index in [1.165, 1.54) is 0 Å². The summed E-state index contributed by atoms with van der Waals surface area (Å²) in [6, 6.07) is 0. The molecule has 0 aliphatic carbocycles. The highest BCUT2D eigenvalue weighted by Crippen LogP contribution is 2.18. The minimum Gasteiger partial charge on any atom is -0.481 e. The Morgan fingerprint density at radius 1 is 1.38 bits per heavy atom. The molecule has 0 saturated heterocycles.